The Balaban J connectivity index is 2.31. The molecule has 2 rings (SSSR count). The van der Waals surface area contributed by atoms with Gasteiger partial charge >= 0.3 is 0 Å². The van der Waals surface area contributed by atoms with Gasteiger partial charge in [0.25, 0.3) is 0 Å². The number of carbonyl (C=O) groups is 2. The monoisotopic (exact) mass is 302 g/mol. The van der Waals surface area contributed by atoms with E-state index >= 15 is 0 Å². The molecule has 4 nitrogen and oxygen atoms in total. The van der Waals surface area contributed by atoms with Crippen LogP contribution in [0.2, 0.25) is 0 Å². The van der Waals surface area contributed by atoms with Gasteiger partial charge in [-0.15, -0.1) is 0 Å². The lowest BCUT2D eigenvalue weighted by Gasteiger charge is -2.42. The Morgan fingerprint density at radius 2 is 1.77 bits per heavy atom. The van der Waals surface area contributed by atoms with Gasteiger partial charge in [0.1, 0.15) is 12.1 Å². The van der Waals surface area contributed by atoms with Gasteiger partial charge < -0.3 is 10.2 Å². The molecule has 1 aromatic carbocycles. The highest BCUT2D eigenvalue weighted by atomic mass is 16.2. The van der Waals surface area contributed by atoms with E-state index in [1.165, 1.54) is 0 Å². The molecule has 1 saturated heterocycles. The number of amides is 2. The molecule has 22 heavy (non-hydrogen) atoms. The van der Waals surface area contributed by atoms with Gasteiger partial charge in [0.05, 0.1) is 0 Å². The average Bonchev–Trinajstić information content (AvgIpc) is 2.50. The Morgan fingerprint density at radius 1 is 1.14 bits per heavy atom. The largest absolute Gasteiger partial charge is 0.342 e. The third-order valence-electron chi connectivity index (χ3n) is 4.50. The van der Waals surface area contributed by atoms with Crippen molar-refractivity contribution in [1.82, 2.24) is 10.2 Å². The number of carbonyl (C=O) groups excluding carboxylic acids is 2. The molecule has 120 valence electrons. The van der Waals surface area contributed by atoms with Crippen molar-refractivity contribution >= 4 is 11.8 Å². The summed E-state index contributed by atoms with van der Waals surface area (Å²) in [6.07, 6.45) is 0.864. The second-order valence-electron chi connectivity index (χ2n) is 6.51. The van der Waals surface area contributed by atoms with E-state index < -0.39 is 6.04 Å². The van der Waals surface area contributed by atoms with E-state index in [1.807, 2.05) is 51.1 Å². The number of rotatable bonds is 5. The van der Waals surface area contributed by atoms with E-state index in [0.29, 0.717) is 6.54 Å². The topological polar surface area (TPSA) is 49.4 Å². The van der Waals surface area contributed by atoms with E-state index in [-0.39, 0.29) is 29.7 Å². The molecule has 2 amide bonds. The SMILES string of the molecule is CCC(C)C1C(=O)NC(C(C)C)C(=O)N1Cc1ccccc1. The molecule has 0 aliphatic carbocycles. The first-order valence-corrected chi connectivity index (χ1v) is 8.10. The molecule has 0 saturated carbocycles. The van der Waals surface area contributed by atoms with Crippen LogP contribution in [0.4, 0.5) is 0 Å². The first kappa shape index (κ1) is 16.5. The second-order valence-corrected chi connectivity index (χ2v) is 6.51. The fraction of sp³-hybridized carbons (Fsp3) is 0.556. The van der Waals surface area contributed by atoms with Gasteiger partial charge in [0, 0.05) is 6.54 Å². The lowest BCUT2D eigenvalue weighted by Crippen LogP contribution is -2.65. The Bertz CT molecular complexity index is 527. The molecule has 3 unspecified atom stereocenters. The predicted octanol–water partition coefficient (Wildman–Crippen LogP) is 2.58. The molecule has 0 bridgehead atoms. The Kier molecular flexibility index (Phi) is 5.22. The molecular formula is C18H26N2O2. The van der Waals surface area contributed by atoms with E-state index in [9.17, 15) is 9.59 Å². The van der Waals surface area contributed by atoms with Gasteiger partial charge in [-0.1, -0.05) is 64.4 Å². The smallest absolute Gasteiger partial charge is 0.246 e. The summed E-state index contributed by atoms with van der Waals surface area (Å²) in [4.78, 5) is 27.2. The summed E-state index contributed by atoms with van der Waals surface area (Å²) in [5.41, 5.74) is 1.06. The van der Waals surface area contributed by atoms with Crippen LogP contribution in [0, 0.1) is 11.8 Å². The van der Waals surface area contributed by atoms with Crippen molar-refractivity contribution in [2.45, 2.75) is 52.7 Å². The highest BCUT2D eigenvalue weighted by Gasteiger charge is 2.43. The average molecular weight is 302 g/mol. The highest BCUT2D eigenvalue weighted by molar-refractivity contribution is 5.97. The lowest BCUT2D eigenvalue weighted by molar-refractivity contribution is -0.153. The van der Waals surface area contributed by atoms with Crippen molar-refractivity contribution in [3.63, 3.8) is 0 Å². The summed E-state index contributed by atoms with van der Waals surface area (Å²) in [6.45, 7) is 8.51. The summed E-state index contributed by atoms with van der Waals surface area (Å²) in [7, 11) is 0. The zero-order chi connectivity index (χ0) is 16.3. The zero-order valence-corrected chi connectivity index (χ0v) is 13.9. The maximum Gasteiger partial charge on any atom is 0.246 e. The minimum Gasteiger partial charge on any atom is -0.342 e. The summed E-state index contributed by atoms with van der Waals surface area (Å²) >= 11 is 0. The van der Waals surface area contributed by atoms with Crippen molar-refractivity contribution in [2.24, 2.45) is 11.8 Å². The molecule has 1 aliphatic heterocycles. The first-order chi connectivity index (χ1) is 10.5. The molecule has 1 N–H and O–H groups in total. The molecule has 1 heterocycles. The molecule has 1 aliphatic rings. The van der Waals surface area contributed by atoms with Crippen LogP contribution < -0.4 is 5.32 Å². The van der Waals surface area contributed by atoms with Gasteiger partial charge in [0.15, 0.2) is 0 Å². The summed E-state index contributed by atoms with van der Waals surface area (Å²) in [5, 5.41) is 2.92. The number of hydrogen-bond donors (Lipinski definition) is 1. The maximum absolute atomic E-state index is 12.9. The van der Waals surface area contributed by atoms with Crippen LogP contribution in [0.15, 0.2) is 30.3 Å². The molecule has 0 aromatic heterocycles. The van der Waals surface area contributed by atoms with E-state index in [2.05, 4.69) is 12.2 Å². The zero-order valence-electron chi connectivity index (χ0n) is 13.9. The Labute approximate surface area is 132 Å². The Morgan fingerprint density at radius 3 is 2.32 bits per heavy atom. The summed E-state index contributed by atoms with van der Waals surface area (Å²) in [5.74, 6) is 0.237. The number of hydrogen-bond acceptors (Lipinski definition) is 2. The minimum atomic E-state index is -0.420. The lowest BCUT2D eigenvalue weighted by atomic mass is 9.90. The minimum absolute atomic E-state index is 0.0245. The highest BCUT2D eigenvalue weighted by Crippen LogP contribution is 2.24. The van der Waals surface area contributed by atoms with Gasteiger partial charge in [-0.2, -0.15) is 0 Å². The molecule has 3 atom stereocenters. The second kappa shape index (κ2) is 6.95. The van der Waals surface area contributed by atoms with E-state index in [4.69, 9.17) is 0 Å². The third-order valence-corrected chi connectivity index (χ3v) is 4.50. The Hall–Kier alpha value is -1.84. The van der Waals surface area contributed by atoms with Gasteiger partial charge in [-0.3, -0.25) is 9.59 Å². The van der Waals surface area contributed by atoms with Crippen molar-refractivity contribution in [1.29, 1.82) is 0 Å². The van der Waals surface area contributed by atoms with Crippen LogP contribution in [-0.2, 0) is 16.1 Å². The van der Waals surface area contributed by atoms with Gasteiger partial charge in [0.2, 0.25) is 11.8 Å². The molecule has 1 aromatic rings. The third kappa shape index (κ3) is 3.32. The van der Waals surface area contributed by atoms with Gasteiger partial charge in [-0.25, -0.2) is 0 Å². The van der Waals surface area contributed by atoms with Crippen LogP contribution in [0.1, 0.15) is 39.7 Å². The fourth-order valence-corrected chi connectivity index (χ4v) is 2.95. The number of benzene rings is 1. The number of nitrogens with zero attached hydrogens (tertiary/aromatic N) is 1. The summed E-state index contributed by atoms with van der Waals surface area (Å²) < 4.78 is 0. The number of piperazine rings is 1. The van der Waals surface area contributed by atoms with Crippen LogP contribution in [0.3, 0.4) is 0 Å². The van der Waals surface area contributed by atoms with E-state index in [0.717, 1.165) is 12.0 Å². The van der Waals surface area contributed by atoms with Crippen LogP contribution in [0.25, 0.3) is 0 Å². The van der Waals surface area contributed by atoms with Crippen molar-refractivity contribution < 1.29 is 9.59 Å². The van der Waals surface area contributed by atoms with Crippen molar-refractivity contribution in [3.8, 4) is 0 Å². The first-order valence-electron chi connectivity index (χ1n) is 8.10. The van der Waals surface area contributed by atoms with E-state index in [1.54, 1.807) is 4.90 Å². The predicted molar refractivity (Wildman–Crippen MR) is 87.0 cm³/mol. The molecular weight excluding hydrogens is 276 g/mol. The van der Waals surface area contributed by atoms with Crippen molar-refractivity contribution in [3.05, 3.63) is 35.9 Å². The maximum atomic E-state index is 12.9. The molecule has 4 heteroatoms. The van der Waals surface area contributed by atoms with Crippen LogP contribution in [0.5, 0.6) is 0 Å². The molecule has 0 radical (unpaired) electrons. The van der Waals surface area contributed by atoms with Gasteiger partial charge in [-0.05, 0) is 17.4 Å². The van der Waals surface area contributed by atoms with Crippen LogP contribution in [-0.4, -0.2) is 28.8 Å². The van der Waals surface area contributed by atoms with Crippen molar-refractivity contribution in [2.75, 3.05) is 0 Å². The normalized spacial score (nSPS) is 23.6. The fourth-order valence-electron chi connectivity index (χ4n) is 2.95. The van der Waals surface area contributed by atoms with Crippen LogP contribution >= 0.6 is 0 Å². The number of nitrogens with one attached hydrogen (secondary N) is 1. The standard InChI is InChI=1S/C18H26N2O2/c1-5-13(4)16-17(21)19-15(12(2)3)18(22)20(16)11-14-9-7-6-8-10-14/h6-10,12-13,15-16H,5,11H2,1-4H3,(H,19,21). The quantitative estimate of drug-likeness (QED) is 0.909. The molecule has 0 spiro atoms. The molecule has 1 fully saturated rings. The summed E-state index contributed by atoms with van der Waals surface area (Å²) in [6, 6.07) is 9.07.